The van der Waals surface area contributed by atoms with E-state index in [-0.39, 0.29) is 35.6 Å². The molecule has 0 aromatic heterocycles. The molecule has 0 bridgehead atoms. The average molecular weight is 491 g/mol. The predicted octanol–water partition coefficient (Wildman–Crippen LogP) is 3.52. The quantitative estimate of drug-likeness (QED) is 0.240. The largest absolute Gasteiger partial charge is 0.487 e. The Kier molecular flexibility index (Phi) is 11.0. The Morgan fingerprint density at radius 3 is 2.74 bits per heavy atom. The SMILES string of the molecule is CN=C(NCCCCOCCOC)NC1CC(C)(C)Oc2ccccc21.I. The number of rotatable bonds is 9. The monoisotopic (exact) mass is 491 g/mol. The summed E-state index contributed by atoms with van der Waals surface area (Å²) < 4.78 is 16.5. The molecule has 6 nitrogen and oxygen atoms in total. The Morgan fingerprint density at radius 1 is 1.22 bits per heavy atom. The van der Waals surface area contributed by atoms with Crippen molar-refractivity contribution in [1.29, 1.82) is 0 Å². The first kappa shape index (κ1) is 24.0. The molecule has 2 N–H and O–H groups in total. The molecule has 0 fully saturated rings. The van der Waals surface area contributed by atoms with Gasteiger partial charge in [0.05, 0.1) is 19.3 Å². The van der Waals surface area contributed by atoms with Gasteiger partial charge in [0.25, 0.3) is 0 Å². The maximum absolute atomic E-state index is 6.10. The van der Waals surface area contributed by atoms with E-state index in [9.17, 15) is 0 Å². The van der Waals surface area contributed by atoms with Gasteiger partial charge in [-0.25, -0.2) is 0 Å². The number of guanidine groups is 1. The number of benzene rings is 1. The van der Waals surface area contributed by atoms with Gasteiger partial charge in [-0.15, -0.1) is 24.0 Å². The lowest BCUT2D eigenvalue weighted by Crippen LogP contribution is -2.45. The van der Waals surface area contributed by atoms with Crippen molar-refractivity contribution in [3.05, 3.63) is 29.8 Å². The topological polar surface area (TPSA) is 64.1 Å². The molecule has 0 spiro atoms. The lowest BCUT2D eigenvalue weighted by molar-refractivity contribution is 0.0686. The van der Waals surface area contributed by atoms with Crippen LogP contribution in [0.1, 0.15) is 44.7 Å². The molecule has 154 valence electrons. The van der Waals surface area contributed by atoms with Crippen LogP contribution in [0.25, 0.3) is 0 Å². The molecule has 27 heavy (non-hydrogen) atoms. The molecule has 7 heteroatoms. The van der Waals surface area contributed by atoms with E-state index in [2.05, 4.69) is 41.6 Å². The minimum Gasteiger partial charge on any atom is -0.487 e. The molecule has 0 saturated heterocycles. The van der Waals surface area contributed by atoms with Gasteiger partial charge in [-0.05, 0) is 32.8 Å². The zero-order valence-electron chi connectivity index (χ0n) is 16.9. The zero-order chi connectivity index (χ0) is 18.8. The van der Waals surface area contributed by atoms with Crippen molar-refractivity contribution < 1.29 is 14.2 Å². The Labute approximate surface area is 180 Å². The van der Waals surface area contributed by atoms with Gasteiger partial charge in [0.1, 0.15) is 11.4 Å². The highest BCUT2D eigenvalue weighted by Gasteiger charge is 2.33. The summed E-state index contributed by atoms with van der Waals surface area (Å²) in [5.41, 5.74) is 0.978. The first-order valence-electron chi connectivity index (χ1n) is 9.37. The number of hydrogen-bond acceptors (Lipinski definition) is 4. The Morgan fingerprint density at radius 2 is 2.00 bits per heavy atom. The van der Waals surface area contributed by atoms with Gasteiger partial charge in [-0.2, -0.15) is 0 Å². The highest BCUT2D eigenvalue weighted by molar-refractivity contribution is 14.0. The number of para-hydroxylation sites is 1. The summed E-state index contributed by atoms with van der Waals surface area (Å²) in [6.07, 6.45) is 2.93. The molecular formula is C20H34IN3O3. The van der Waals surface area contributed by atoms with Crippen molar-refractivity contribution in [2.24, 2.45) is 4.99 Å². The second kappa shape index (κ2) is 12.4. The van der Waals surface area contributed by atoms with Crippen molar-refractivity contribution in [2.45, 2.75) is 44.8 Å². The highest BCUT2D eigenvalue weighted by Crippen LogP contribution is 2.39. The van der Waals surface area contributed by atoms with E-state index in [4.69, 9.17) is 14.2 Å². The summed E-state index contributed by atoms with van der Waals surface area (Å²) >= 11 is 0. The molecule has 0 aliphatic carbocycles. The predicted molar refractivity (Wildman–Crippen MR) is 120 cm³/mol. The van der Waals surface area contributed by atoms with E-state index < -0.39 is 0 Å². The van der Waals surface area contributed by atoms with E-state index >= 15 is 0 Å². The first-order valence-corrected chi connectivity index (χ1v) is 9.37. The van der Waals surface area contributed by atoms with Crippen molar-refractivity contribution in [3.63, 3.8) is 0 Å². The molecule has 0 saturated carbocycles. The van der Waals surface area contributed by atoms with Gasteiger partial charge >= 0.3 is 0 Å². The number of hydrogen-bond donors (Lipinski definition) is 2. The normalized spacial score (nSPS) is 18.1. The third kappa shape index (κ3) is 8.23. The van der Waals surface area contributed by atoms with Crippen LogP contribution < -0.4 is 15.4 Å². The van der Waals surface area contributed by atoms with E-state index in [1.165, 1.54) is 5.56 Å². The van der Waals surface area contributed by atoms with Gasteiger partial charge < -0.3 is 24.8 Å². The molecule has 1 aromatic carbocycles. The number of methoxy groups -OCH3 is 1. The van der Waals surface area contributed by atoms with Gasteiger partial charge in [0, 0.05) is 39.3 Å². The molecule has 1 heterocycles. The van der Waals surface area contributed by atoms with Gasteiger partial charge in [-0.1, -0.05) is 18.2 Å². The molecule has 1 atom stereocenters. The number of nitrogens with one attached hydrogen (secondary N) is 2. The van der Waals surface area contributed by atoms with Crippen LogP contribution in [0.2, 0.25) is 0 Å². The molecular weight excluding hydrogens is 457 g/mol. The van der Waals surface area contributed by atoms with Crippen LogP contribution in [0.4, 0.5) is 0 Å². The maximum atomic E-state index is 6.10. The standard InChI is InChI=1S/C20H33N3O3.HI/c1-20(2)15-17(16-9-5-6-10-18(16)26-20)23-19(21-3)22-11-7-8-12-25-14-13-24-4;/h5-6,9-10,17H,7-8,11-15H2,1-4H3,(H2,21,22,23);1H. The van der Waals surface area contributed by atoms with Gasteiger partial charge in [-0.3, -0.25) is 4.99 Å². The molecule has 0 radical (unpaired) electrons. The minimum atomic E-state index is -0.204. The second-order valence-corrected chi connectivity index (χ2v) is 7.11. The van der Waals surface area contributed by atoms with E-state index in [1.807, 2.05) is 12.1 Å². The number of aliphatic imine (C=N–C) groups is 1. The number of unbranched alkanes of at least 4 members (excludes halogenated alkanes) is 1. The summed E-state index contributed by atoms with van der Waals surface area (Å²) in [6.45, 7) is 7.18. The molecule has 1 aliphatic heterocycles. The summed E-state index contributed by atoms with van der Waals surface area (Å²) in [6, 6.07) is 8.39. The summed E-state index contributed by atoms with van der Waals surface area (Å²) in [7, 11) is 3.49. The van der Waals surface area contributed by atoms with Crippen LogP contribution in [0, 0.1) is 0 Å². The molecule has 1 aliphatic rings. The number of ether oxygens (including phenoxy) is 3. The van der Waals surface area contributed by atoms with E-state index in [0.717, 1.165) is 44.1 Å². The molecule has 2 rings (SSSR count). The maximum Gasteiger partial charge on any atom is 0.191 e. The molecule has 1 unspecified atom stereocenters. The highest BCUT2D eigenvalue weighted by atomic mass is 127. The fourth-order valence-electron chi connectivity index (χ4n) is 3.07. The van der Waals surface area contributed by atoms with E-state index in [0.29, 0.717) is 13.2 Å². The van der Waals surface area contributed by atoms with Gasteiger partial charge in [0.15, 0.2) is 5.96 Å². The lowest BCUT2D eigenvalue weighted by Gasteiger charge is -2.38. The van der Waals surface area contributed by atoms with Crippen LogP contribution in [-0.2, 0) is 9.47 Å². The summed E-state index contributed by atoms with van der Waals surface area (Å²) in [5.74, 6) is 1.77. The first-order chi connectivity index (χ1) is 12.6. The second-order valence-electron chi connectivity index (χ2n) is 7.11. The summed E-state index contributed by atoms with van der Waals surface area (Å²) in [4.78, 5) is 4.37. The fraction of sp³-hybridized carbons (Fsp3) is 0.650. The van der Waals surface area contributed by atoms with Crippen LogP contribution >= 0.6 is 24.0 Å². The summed E-state index contributed by atoms with van der Waals surface area (Å²) in [5, 5.41) is 6.94. The lowest BCUT2D eigenvalue weighted by atomic mass is 9.90. The van der Waals surface area contributed by atoms with Crippen molar-refractivity contribution >= 4 is 29.9 Å². The Bertz CT molecular complexity index is 581. The zero-order valence-corrected chi connectivity index (χ0v) is 19.2. The molecule has 1 aromatic rings. The smallest absolute Gasteiger partial charge is 0.191 e. The van der Waals surface area contributed by atoms with E-state index in [1.54, 1.807) is 14.2 Å². The van der Waals surface area contributed by atoms with Crippen molar-refractivity contribution in [2.75, 3.05) is 40.5 Å². The number of halogens is 1. The Hall–Kier alpha value is -1.06. The minimum absolute atomic E-state index is 0. The molecule has 0 amide bonds. The third-order valence-electron chi connectivity index (χ3n) is 4.35. The number of fused-ring (bicyclic) bond motifs is 1. The average Bonchev–Trinajstić information content (AvgIpc) is 2.61. The van der Waals surface area contributed by atoms with Crippen LogP contribution in [-0.4, -0.2) is 52.1 Å². The van der Waals surface area contributed by atoms with Crippen LogP contribution in [0.3, 0.4) is 0 Å². The van der Waals surface area contributed by atoms with Crippen LogP contribution in [0.5, 0.6) is 5.75 Å². The van der Waals surface area contributed by atoms with Crippen LogP contribution in [0.15, 0.2) is 29.3 Å². The number of nitrogens with zero attached hydrogens (tertiary/aromatic N) is 1. The third-order valence-corrected chi connectivity index (χ3v) is 4.35. The Balaban J connectivity index is 0.00000364. The van der Waals surface area contributed by atoms with Gasteiger partial charge in [0.2, 0.25) is 0 Å². The van der Waals surface area contributed by atoms with Crippen molar-refractivity contribution in [3.8, 4) is 5.75 Å². The fourth-order valence-corrected chi connectivity index (χ4v) is 3.07. The van der Waals surface area contributed by atoms with Crippen molar-refractivity contribution in [1.82, 2.24) is 10.6 Å².